The predicted octanol–water partition coefficient (Wildman–Crippen LogP) is -0.731. The fourth-order valence-electron chi connectivity index (χ4n) is 6.30. The Morgan fingerprint density at radius 3 is 2.46 bits per heavy atom. The topological polar surface area (TPSA) is 156 Å². The Kier molecular flexibility index (Phi) is 12.2. The first kappa shape index (κ1) is 33.4. The summed E-state index contributed by atoms with van der Waals surface area (Å²) in [5.74, 6) is -4.38. The molecule has 0 amide bonds. The van der Waals surface area contributed by atoms with Gasteiger partial charge in [-0.2, -0.15) is 0 Å². The number of esters is 3. The van der Waals surface area contributed by atoms with E-state index in [0.29, 0.717) is 31.3 Å². The van der Waals surface area contributed by atoms with E-state index in [1.807, 2.05) is 13.0 Å². The van der Waals surface area contributed by atoms with E-state index in [2.05, 4.69) is 13.5 Å². The molecule has 11 heteroatoms. The van der Waals surface area contributed by atoms with Crippen molar-refractivity contribution in [2.45, 2.75) is 71.3 Å². The smallest absolute Gasteiger partial charge is 0.550 e. The van der Waals surface area contributed by atoms with E-state index in [0.717, 1.165) is 5.57 Å². The number of carboxylic acids is 2. The third-order valence-corrected chi connectivity index (χ3v) is 8.29. The molecule has 0 aromatic carbocycles. The normalized spacial score (nSPS) is 30.0. The second-order valence-corrected chi connectivity index (χ2v) is 10.8. The van der Waals surface area contributed by atoms with Gasteiger partial charge >= 0.3 is 75.3 Å². The van der Waals surface area contributed by atoms with Crippen LogP contribution in [-0.4, -0.2) is 54.3 Å². The van der Waals surface area contributed by atoms with Gasteiger partial charge in [-0.15, -0.1) is 0 Å². The Hall–Kier alpha value is -1.79. The molecule has 0 radical (unpaired) electrons. The second-order valence-electron chi connectivity index (χ2n) is 10.8. The molecule has 3 aliphatic rings. The summed E-state index contributed by atoms with van der Waals surface area (Å²) < 4.78 is 16.3. The summed E-state index contributed by atoms with van der Waals surface area (Å²) >= 11 is 0. The maximum Gasteiger partial charge on any atom is 1.00 e. The maximum atomic E-state index is 12.5. The molecule has 3 rings (SSSR count). The molecule has 0 aromatic rings. The molecular weight excluding hydrogens is 535 g/mol. The third-order valence-electron chi connectivity index (χ3n) is 8.29. The van der Waals surface area contributed by atoms with Crippen LogP contribution in [0.5, 0.6) is 0 Å². The quantitative estimate of drug-likeness (QED) is 0.145. The molecule has 0 spiro atoms. The Morgan fingerprint density at radius 2 is 1.85 bits per heavy atom. The van der Waals surface area contributed by atoms with Gasteiger partial charge in [0.1, 0.15) is 19.3 Å². The summed E-state index contributed by atoms with van der Waals surface area (Å²) in [5.41, 5.74) is 0.290. The number of allylic oxidation sites excluding steroid dienone is 2. The number of carbonyl (C=O) groups is 5. The van der Waals surface area contributed by atoms with Crippen molar-refractivity contribution in [3.05, 3.63) is 36.0 Å². The molecule has 0 bridgehead atoms. The van der Waals surface area contributed by atoms with E-state index in [1.165, 1.54) is 0 Å². The van der Waals surface area contributed by atoms with Crippen molar-refractivity contribution in [1.29, 1.82) is 0 Å². The molecule has 1 aliphatic heterocycles. The van der Waals surface area contributed by atoms with Gasteiger partial charge in [0, 0.05) is 17.3 Å². The Balaban J connectivity index is 0.00000533. The molecule has 5 atom stereocenters. The van der Waals surface area contributed by atoms with Gasteiger partial charge in [-0.1, -0.05) is 38.2 Å². The number of fused-ring (bicyclic) bond motifs is 1. The molecular formula is C28H35KO10. The average molecular weight is 571 g/mol. The fourth-order valence-corrected chi connectivity index (χ4v) is 6.30. The number of rotatable bonds is 11. The van der Waals surface area contributed by atoms with Crippen LogP contribution in [0.1, 0.15) is 65.2 Å². The van der Waals surface area contributed by atoms with Crippen LogP contribution in [0.3, 0.4) is 0 Å². The van der Waals surface area contributed by atoms with E-state index in [9.17, 15) is 29.1 Å². The third kappa shape index (κ3) is 8.13. The SMILES string of the molecule is C=C1CC[C@H]2[C@@](C)(CCC(OC(=O)CCC(=O)O)[C@@]2(C)COC(=O)CCC(=O)[O-])[C@@H]1/C=C/C1=CCOC1=O.[K+]. The summed E-state index contributed by atoms with van der Waals surface area (Å²) in [6.07, 6.45) is 5.84. The molecule has 1 heterocycles. The van der Waals surface area contributed by atoms with E-state index in [4.69, 9.17) is 19.3 Å². The van der Waals surface area contributed by atoms with E-state index in [-0.39, 0.29) is 107 Å². The predicted molar refractivity (Wildman–Crippen MR) is 131 cm³/mol. The fraction of sp³-hybridized carbons (Fsp3) is 0.607. The number of hydrogen-bond donors (Lipinski definition) is 1. The molecule has 0 saturated heterocycles. The molecule has 1 N–H and O–H groups in total. The van der Waals surface area contributed by atoms with Crippen LogP contribution in [0.15, 0.2) is 36.0 Å². The first-order valence-corrected chi connectivity index (χ1v) is 12.9. The average Bonchev–Trinajstić information content (AvgIpc) is 3.26. The van der Waals surface area contributed by atoms with Gasteiger partial charge in [0.25, 0.3) is 0 Å². The van der Waals surface area contributed by atoms with Crippen molar-refractivity contribution in [3.63, 3.8) is 0 Å². The van der Waals surface area contributed by atoms with Crippen molar-refractivity contribution < 1.29 is 99.8 Å². The van der Waals surface area contributed by atoms with Crippen molar-refractivity contribution in [3.8, 4) is 0 Å². The first-order chi connectivity index (χ1) is 17.9. The molecule has 2 fully saturated rings. The van der Waals surface area contributed by atoms with Crippen LogP contribution in [0.25, 0.3) is 0 Å². The standard InChI is InChI=1S/C28H36O10.K/c1-17-4-7-20-27(2,19(17)6-5-18-13-15-36-26(18)35)14-12-21(38-25(34)11-9-23(31)32)28(20,3)16-37-24(33)10-8-22(29)30;/h5-6,13,19-21H,1,4,7-12,14-16H2,2-3H3,(H,29,30)(H,31,32);/q;+1/p-1/b6-5+;/t19-,20+,21?,27+,28+;/m1./s1. The van der Waals surface area contributed by atoms with E-state index < -0.39 is 41.8 Å². The van der Waals surface area contributed by atoms with Crippen molar-refractivity contribution >= 4 is 29.8 Å². The Morgan fingerprint density at radius 1 is 1.15 bits per heavy atom. The monoisotopic (exact) mass is 570 g/mol. The zero-order valence-corrected chi connectivity index (χ0v) is 26.0. The van der Waals surface area contributed by atoms with Crippen molar-refractivity contribution in [2.24, 2.45) is 22.7 Å². The van der Waals surface area contributed by atoms with Crippen LogP contribution < -0.4 is 56.5 Å². The van der Waals surface area contributed by atoms with Gasteiger partial charge < -0.3 is 29.2 Å². The van der Waals surface area contributed by atoms with Gasteiger partial charge in [-0.3, -0.25) is 14.4 Å². The molecule has 10 nitrogen and oxygen atoms in total. The summed E-state index contributed by atoms with van der Waals surface area (Å²) in [5, 5.41) is 19.7. The minimum absolute atomic E-state index is 0. The molecule has 2 aliphatic carbocycles. The first-order valence-electron chi connectivity index (χ1n) is 12.9. The van der Waals surface area contributed by atoms with Crippen LogP contribution in [0.4, 0.5) is 0 Å². The minimum atomic E-state index is -1.36. The Bertz CT molecular complexity index is 1060. The molecule has 1 unspecified atom stereocenters. The number of ether oxygens (including phenoxy) is 3. The second kappa shape index (κ2) is 14.2. The maximum absolute atomic E-state index is 12.5. The van der Waals surface area contributed by atoms with E-state index >= 15 is 0 Å². The zero-order valence-electron chi connectivity index (χ0n) is 22.9. The Labute approximate surface area is 270 Å². The zero-order chi connectivity index (χ0) is 28.1. The molecule has 2 saturated carbocycles. The summed E-state index contributed by atoms with van der Waals surface area (Å²) in [6.45, 7) is 8.44. The number of carbonyl (C=O) groups excluding carboxylic acids is 4. The van der Waals surface area contributed by atoms with Gasteiger partial charge in [0.05, 0.1) is 24.8 Å². The summed E-state index contributed by atoms with van der Waals surface area (Å²) in [7, 11) is 0. The van der Waals surface area contributed by atoms with Crippen LogP contribution in [-0.2, 0) is 38.2 Å². The van der Waals surface area contributed by atoms with Gasteiger partial charge in [0.15, 0.2) is 0 Å². The van der Waals surface area contributed by atoms with Crippen LogP contribution in [0.2, 0.25) is 0 Å². The molecule has 0 aromatic heterocycles. The number of cyclic esters (lactones) is 1. The van der Waals surface area contributed by atoms with Crippen molar-refractivity contribution in [1.82, 2.24) is 0 Å². The molecule has 208 valence electrons. The van der Waals surface area contributed by atoms with Crippen molar-refractivity contribution in [2.75, 3.05) is 13.2 Å². The van der Waals surface area contributed by atoms with Crippen LogP contribution in [0, 0.1) is 22.7 Å². The largest absolute Gasteiger partial charge is 1.00 e. The van der Waals surface area contributed by atoms with E-state index in [1.54, 1.807) is 12.2 Å². The van der Waals surface area contributed by atoms with Gasteiger partial charge in [-0.05, 0) is 49.5 Å². The van der Waals surface area contributed by atoms with Gasteiger partial charge in [0.2, 0.25) is 0 Å². The van der Waals surface area contributed by atoms with Crippen LogP contribution >= 0.6 is 0 Å². The summed E-state index contributed by atoms with van der Waals surface area (Å²) in [6, 6.07) is 0. The minimum Gasteiger partial charge on any atom is -0.550 e. The number of aliphatic carboxylic acids is 2. The summed E-state index contributed by atoms with van der Waals surface area (Å²) in [4.78, 5) is 58.5. The van der Waals surface area contributed by atoms with Gasteiger partial charge in [-0.25, -0.2) is 4.79 Å². The number of carboxylic acid groups (broad SMARTS) is 2. The number of hydrogen-bond acceptors (Lipinski definition) is 9. The molecule has 39 heavy (non-hydrogen) atoms.